The number of rotatable bonds is 5. The predicted octanol–water partition coefficient (Wildman–Crippen LogP) is 1.84. The minimum atomic E-state index is -0.363. The van der Waals surface area contributed by atoms with Gasteiger partial charge in [-0.2, -0.15) is 0 Å². The summed E-state index contributed by atoms with van der Waals surface area (Å²) in [6.45, 7) is 1.68. The summed E-state index contributed by atoms with van der Waals surface area (Å²) in [5, 5.41) is 5.26. The van der Waals surface area contributed by atoms with Gasteiger partial charge in [-0.05, 0) is 43.3 Å². The van der Waals surface area contributed by atoms with Gasteiger partial charge in [-0.1, -0.05) is 18.2 Å². The van der Waals surface area contributed by atoms with E-state index in [0.717, 1.165) is 5.69 Å². The van der Waals surface area contributed by atoms with Crippen LogP contribution >= 0.6 is 0 Å². The Morgan fingerprint density at radius 2 is 1.73 bits per heavy atom. The Morgan fingerprint density at radius 3 is 2.35 bits per heavy atom. The first-order valence-electron chi connectivity index (χ1n) is 8.05. The van der Waals surface area contributed by atoms with Gasteiger partial charge in [-0.15, -0.1) is 0 Å². The molecule has 0 aliphatic rings. The fourth-order valence-electron chi connectivity index (χ4n) is 2.53. The zero-order valence-electron chi connectivity index (χ0n) is 14.2. The van der Waals surface area contributed by atoms with Gasteiger partial charge in [0.1, 0.15) is 0 Å². The average Bonchev–Trinajstić information content (AvgIpc) is 2.99. The van der Waals surface area contributed by atoms with Gasteiger partial charge >= 0.3 is 5.69 Å². The van der Waals surface area contributed by atoms with Crippen molar-refractivity contribution in [1.82, 2.24) is 14.9 Å². The number of imidazole rings is 1. The molecule has 3 N–H and O–H groups in total. The fraction of sp³-hybridized carbons (Fsp3) is 0.105. The van der Waals surface area contributed by atoms with Gasteiger partial charge in [0.2, 0.25) is 5.91 Å². The highest BCUT2D eigenvalue weighted by Gasteiger charge is 2.10. The van der Waals surface area contributed by atoms with Gasteiger partial charge in [0, 0.05) is 23.1 Å². The van der Waals surface area contributed by atoms with Gasteiger partial charge in [0.25, 0.3) is 5.91 Å². The second kappa shape index (κ2) is 7.52. The number of amides is 2. The Kier molecular flexibility index (Phi) is 4.98. The third kappa shape index (κ3) is 3.89. The Morgan fingerprint density at radius 1 is 1.04 bits per heavy atom. The minimum Gasteiger partial charge on any atom is -0.343 e. The largest absolute Gasteiger partial charge is 0.343 e. The molecule has 0 aliphatic heterocycles. The minimum absolute atomic E-state index is 0.133. The van der Waals surface area contributed by atoms with E-state index in [-0.39, 0.29) is 24.0 Å². The van der Waals surface area contributed by atoms with Crippen molar-refractivity contribution >= 4 is 17.5 Å². The number of hydrogen-bond donors (Lipinski definition) is 3. The van der Waals surface area contributed by atoms with Crippen LogP contribution in [0.15, 0.2) is 65.6 Å². The molecule has 3 aromatic rings. The molecule has 0 fully saturated rings. The maximum absolute atomic E-state index is 12.2. The maximum Gasteiger partial charge on any atom is 0.330 e. The van der Waals surface area contributed by atoms with Crippen LogP contribution in [0.5, 0.6) is 0 Å². The predicted molar refractivity (Wildman–Crippen MR) is 98.5 cm³/mol. The van der Waals surface area contributed by atoms with E-state index in [1.807, 2.05) is 25.1 Å². The standard InChI is InChI=1S/C19H18N4O3/c1-13-11-21-19(26)23(13)16-9-7-14(8-10-16)18(25)20-12-17(24)22-15-5-3-2-4-6-15/h2-11H,12H2,1H3,(H,20,25)(H,21,26)(H,22,24). The van der Waals surface area contributed by atoms with E-state index < -0.39 is 0 Å². The number of H-pyrrole nitrogens is 1. The number of nitrogens with one attached hydrogen (secondary N) is 3. The summed E-state index contributed by atoms with van der Waals surface area (Å²) in [5.41, 5.74) is 2.26. The molecule has 0 bridgehead atoms. The second-order valence-electron chi connectivity index (χ2n) is 5.71. The molecule has 0 unspecified atom stereocenters. The molecule has 1 heterocycles. The molecule has 0 aliphatic carbocycles. The Balaban J connectivity index is 1.60. The number of aromatic amines is 1. The van der Waals surface area contributed by atoms with E-state index in [0.29, 0.717) is 16.9 Å². The van der Waals surface area contributed by atoms with Crippen LogP contribution < -0.4 is 16.3 Å². The van der Waals surface area contributed by atoms with Crippen LogP contribution in [-0.2, 0) is 4.79 Å². The average molecular weight is 350 g/mol. The summed E-state index contributed by atoms with van der Waals surface area (Å²) >= 11 is 0. The molecule has 0 saturated heterocycles. The molecule has 0 radical (unpaired) electrons. The van der Waals surface area contributed by atoms with Crippen LogP contribution in [0.25, 0.3) is 5.69 Å². The lowest BCUT2D eigenvalue weighted by Gasteiger charge is -2.08. The first-order chi connectivity index (χ1) is 12.5. The van der Waals surface area contributed by atoms with Gasteiger partial charge < -0.3 is 15.6 Å². The molecule has 1 aromatic heterocycles. The van der Waals surface area contributed by atoms with Crippen LogP contribution in [0.4, 0.5) is 5.69 Å². The molecule has 0 spiro atoms. The topological polar surface area (TPSA) is 96.0 Å². The third-order valence-corrected chi connectivity index (χ3v) is 3.82. The lowest BCUT2D eigenvalue weighted by Crippen LogP contribution is -2.32. The number of para-hydroxylation sites is 1. The highest BCUT2D eigenvalue weighted by molar-refractivity contribution is 5.99. The number of aryl methyl sites for hydroxylation is 1. The van der Waals surface area contributed by atoms with E-state index >= 15 is 0 Å². The molecule has 0 saturated carbocycles. The van der Waals surface area contributed by atoms with E-state index in [4.69, 9.17) is 0 Å². The molecular weight excluding hydrogens is 332 g/mol. The van der Waals surface area contributed by atoms with Gasteiger partial charge in [-0.25, -0.2) is 4.79 Å². The highest BCUT2D eigenvalue weighted by atomic mass is 16.2. The fourth-order valence-corrected chi connectivity index (χ4v) is 2.53. The van der Waals surface area contributed by atoms with E-state index in [2.05, 4.69) is 15.6 Å². The Labute approximate surface area is 149 Å². The Bertz CT molecular complexity index is 972. The summed E-state index contributed by atoms with van der Waals surface area (Å²) in [4.78, 5) is 38.4. The first kappa shape index (κ1) is 17.2. The molecule has 3 rings (SSSR count). The molecule has 7 nitrogen and oxygen atoms in total. The number of anilines is 1. The van der Waals surface area contributed by atoms with Crippen molar-refractivity contribution < 1.29 is 9.59 Å². The number of carbonyl (C=O) groups excluding carboxylic acids is 2. The van der Waals surface area contributed by atoms with E-state index in [9.17, 15) is 14.4 Å². The monoisotopic (exact) mass is 350 g/mol. The summed E-state index contributed by atoms with van der Waals surface area (Å²) in [6.07, 6.45) is 1.62. The molecule has 7 heteroatoms. The van der Waals surface area contributed by atoms with E-state index in [1.54, 1.807) is 42.6 Å². The van der Waals surface area contributed by atoms with Crippen molar-refractivity contribution in [1.29, 1.82) is 0 Å². The van der Waals surface area contributed by atoms with Crippen LogP contribution in [0, 0.1) is 6.92 Å². The highest BCUT2D eigenvalue weighted by Crippen LogP contribution is 2.10. The molecular formula is C19H18N4O3. The van der Waals surface area contributed by atoms with E-state index in [1.165, 1.54) is 4.57 Å². The van der Waals surface area contributed by atoms with Gasteiger partial charge in [0.05, 0.1) is 12.2 Å². The lowest BCUT2D eigenvalue weighted by atomic mass is 10.2. The normalized spacial score (nSPS) is 10.3. The Hall–Kier alpha value is -3.61. The first-order valence-corrected chi connectivity index (χ1v) is 8.05. The van der Waals surface area contributed by atoms with Crippen LogP contribution in [0.1, 0.15) is 16.1 Å². The van der Waals surface area contributed by atoms with Gasteiger partial charge in [-0.3, -0.25) is 14.2 Å². The number of carbonyl (C=O) groups is 2. The summed E-state index contributed by atoms with van der Waals surface area (Å²) in [5.74, 6) is -0.673. The van der Waals surface area contributed by atoms with Crippen LogP contribution in [-0.4, -0.2) is 27.9 Å². The van der Waals surface area contributed by atoms with Crippen molar-refractivity contribution in [3.8, 4) is 5.69 Å². The smallest absolute Gasteiger partial charge is 0.330 e. The third-order valence-electron chi connectivity index (χ3n) is 3.82. The molecule has 26 heavy (non-hydrogen) atoms. The van der Waals surface area contributed by atoms with Crippen LogP contribution in [0.2, 0.25) is 0 Å². The zero-order valence-corrected chi connectivity index (χ0v) is 14.2. The maximum atomic E-state index is 12.2. The van der Waals surface area contributed by atoms with Crippen molar-refractivity contribution in [3.05, 3.63) is 82.5 Å². The molecule has 2 amide bonds. The molecule has 0 atom stereocenters. The van der Waals surface area contributed by atoms with Crippen molar-refractivity contribution in [2.24, 2.45) is 0 Å². The van der Waals surface area contributed by atoms with Crippen molar-refractivity contribution in [2.75, 3.05) is 11.9 Å². The van der Waals surface area contributed by atoms with Crippen molar-refractivity contribution in [3.63, 3.8) is 0 Å². The SMILES string of the molecule is Cc1c[nH]c(=O)n1-c1ccc(C(=O)NCC(=O)Nc2ccccc2)cc1. The number of nitrogens with zero attached hydrogens (tertiary/aromatic N) is 1. The summed E-state index contributed by atoms with van der Waals surface area (Å²) < 4.78 is 1.51. The molecule has 2 aromatic carbocycles. The zero-order chi connectivity index (χ0) is 18.5. The number of hydrogen-bond acceptors (Lipinski definition) is 3. The number of aromatic nitrogens is 2. The van der Waals surface area contributed by atoms with Crippen molar-refractivity contribution in [2.45, 2.75) is 6.92 Å². The summed E-state index contributed by atoms with van der Waals surface area (Å²) in [7, 11) is 0. The molecule has 132 valence electrons. The lowest BCUT2D eigenvalue weighted by molar-refractivity contribution is -0.115. The van der Waals surface area contributed by atoms with Gasteiger partial charge in [0.15, 0.2) is 0 Å². The number of benzene rings is 2. The second-order valence-corrected chi connectivity index (χ2v) is 5.71. The summed E-state index contributed by atoms with van der Waals surface area (Å²) in [6, 6.07) is 15.6. The quantitative estimate of drug-likeness (QED) is 0.655. The van der Waals surface area contributed by atoms with Crippen LogP contribution in [0.3, 0.4) is 0 Å².